The minimum atomic E-state index is -0.469. The summed E-state index contributed by atoms with van der Waals surface area (Å²) in [6, 6.07) is 7.43. The van der Waals surface area contributed by atoms with Crippen molar-refractivity contribution in [2.75, 3.05) is 19.7 Å². The van der Waals surface area contributed by atoms with Crippen LogP contribution < -0.4 is 0 Å². The molecule has 1 saturated carbocycles. The largest absolute Gasteiger partial charge is 0.365 e. The van der Waals surface area contributed by atoms with Gasteiger partial charge in [-0.1, -0.05) is 12.1 Å². The fraction of sp³-hybridized carbons (Fsp3) is 0.667. The molecular weight excluding hydrogens is 317 g/mol. The quantitative estimate of drug-likeness (QED) is 0.828. The van der Waals surface area contributed by atoms with Crippen molar-refractivity contribution in [2.45, 2.75) is 63.0 Å². The summed E-state index contributed by atoms with van der Waals surface area (Å²) in [6.45, 7) is 4.52. The number of likely N-dealkylation sites (tertiary alicyclic amines) is 1. The lowest BCUT2D eigenvalue weighted by molar-refractivity contribution is -0.160. The molecule has 1 unspecified atom stereocenters. The Labute approximate surface area is 149 Å². The lowest BCUT2D eigenvalue weighted by atomic mass is 9.83. The molecule has 4 rings (SSSR count). The first-order valence-electron chi connectivity index (χ1n) is 9.73. The van der Waals surface area contributed by atoms with E-state index in [1.165, 1.54) is 5.56 Å². The van der Waals surface area contributed by atoms with Crippen molar-refractivity contribution < 1.29 is 13.9 Å². The van der Waals surface area contributed by atoms with Gasteiger partial charge in [0.15, 0.2) is 5.78 Å². The smallest absolute Gasteiger partial charge is 0.161 e. The van der Waals surface area contributed by atoms with E-state index in [2.05, 4.69) is 4.90 Å². The number of rotatable bonds is 4. The highest BCUT2D eigenvalue weighted by Gasteiger charge is 2.52. The summed E-state index contributed by atoms with van der Waals surface area (Å²) in [5, 5.41) is 0. The van der Waals surface area contributed by atoms with Crippen molar-refractivity contribution >= 4 is 5.78 Å². The summed E-state index contributed by atoms with van der Waals surface area (Å²) < 4.78 is 19.3. The Hall–Kier alpha value is -1.26. The molecular formula is C21H28FNO2. The van der Waals surface area contributed by atoms with Gasteiger partial charge in [-0.2, -0.15) is 0 Å². The number of piperidine rings is 1. The minimum absolute atomic E-state index is 0.162. The maximum Gasteiger partial charge on any atom is 0.161 e. The highest BCUT2D eigenvalue weighted by molar-refractivity contribution is 5.86. The molecule has 3 nitrogen and oxygen atoms in total. The fourth-order valence-electron chi connectivity index (χ4n) is 4.84. The number of Topliss-reactive ketones (excluding diaryl/α,β-unsaturated/α-hetero) is 1. The van der Waals surface area contributed by atoms with Gasteiger partial charge >= 0.3 is 0 Å². The van der Waals surface area contributed by atoms with Crippen molar-refractivity contribution in [3.63, 3.8) is 0 Å². The second kappa shape index (κ2) is 6.81. The molecule has 3 fully saturated rings. The first-order valence-corrected chi connectivity index (χ1v) is 9.73. The van der Waals surface area contributed by atoms with E-state index < -0.39 is 5.60 Å². The van der Waals surface area contributed by atoms with Gasteiger partial charge in [-0.3, -0.25) is 9.69 Å². The summed E-state index contributed by atoms with van der Waals surface area (Å²) in [4.78, 5) is 14.7. The first-order chi connectivity index (χ1) is 12.1. The lowest BCUT2D eigenvalue weighted by Crippen LogP contribution is -2.53. The zero-order chi connectivity index (χ0) is 17.4. The van der Waals surface area contributed by atoms with Crippen molar-refractivity contribution in [1.29, 1.82) is 0 Å². The van der Waals surface area contributed by atoms with E-state index in [9.17, 15) is 9.18 Å². The number of carbonyl (C=O) groups excluding carboxylic acids is 1. The van der Waals surface area contributed by atoms with Crippen LogP contribution in [0, 0.1) is 11.7 Å². The van der Waals surface area contributed by atoms with E-state index in [0.717, 1.165) is 51.6 Å². The molecule has 0 aromatic heterocycles. The van der Waals surface area contributed by atoms with E-state index in [1.807, 2.05) is 12.1 Å². The van der Waals surface area contributed by atoms with Crippen molar-refractivity contribution in [3.8, 4) is 0 Å². The number of nitrogens with zero attached hydrogens (tertiary/aromatic N) is 1. The SMILES string of the molecule is CC(=O)C1(C2CC2)CC[C@@H](N2CCC(c3ccc(F)cc3)CC2)CO1. The Kier molecular flexibility index (Phi) is 4.67. The third-order valence-electron chi connectivity index (χ3n) is 6.60. The van der Waals surface area contributed by atoms with Crippen molar-refractivity contribution in [2.24, 2.45) is 5.92 Å². The zero-order valence-corrected chi connectivity index (χ0v) is 15.0. The molecule has 4 heteroatoms. The molecule has 0 spiro atoms. The van der Waals surface area contributed by atoms with Crippen LogP contribution in [0.25, 0.3) is 0 Å². The summed E-state index contributed by atoms with van der Waals surface area (Å²) in [6.07, 6.45) is 6.47. The van der Waals surface area contributed by atoms with Gasteiger partial charge in [0.2, 0.25) is 0 Å². The summed E-state index contributed by atoms with van der Waals surface area (Å²) in [5.41, 5.74) is 0.786. The summed E-state index contributed by atoms with van der Waals surface area (Å²) >= 11 is 0. The lowest BCUT2D eigenvalue weighted by Gasteiger charge is -2.44. The van der Waals surface area contributed by atoms with Crippen molar-refractivity contribution in [1.82, 2.24) is 4.90 Å². The van der Waals surface area contributed by atoms with Gasteiger partial charge in [0.1, 0.15) is 11.4 Å². The molecule has 1 aromatic rings. The van der Waals surface area contributed by atoms with E-state index in [-0.39, 0.29) is 11.6 Å². The van der Waals surface area contributed by atoms with Crippen LogP contribution in [0.15, 0.2) is 24.3 Å². The monoisotopic (exact) mass is 345 g/mol. The van der Waals surface area contributed by atoms with E-state index in [4.69, 9.17) is 4.74 Å². The molecule has 0 bridgehead atoms. The number of halogens is 1. The Balaban J connectivity index is 1.31. The number of benzene rings is 1. The van der Waals surface area contributed by atoms with E-state index >= 15 is 0 Å². The molecule has 1 aromatic carbocycles. The highest BCUT2D eigenvalue weighted by Crippen LogP contribution is 2.47. The van der Waals surface area contributed by atoms with E-state index in [1.54, 1.807) is 19.1 Å². The fourth-order valence-corrected chi connectivity index (χ4v) is 4.84. The standard InChI is InChI=1S/C21H28FNO2/c1-15(24)21(18-4-5-18)11-8-20(14-25-21)23-12-9-17(10-13-23)16-2-6-19(22)7-3-16/h2-3,6-7,17-18,20H,4-5,8-14H2,1H3/t20-,21?/m1/s1. The van der Waals surface area contributed by atoms with Gasteiger partial charge in [0.25, 0.3) is 0 Å². The number of ketones is 1. The van der Waals surface area contributed by atoms with Crippen LogP contribution in [0.4, 0.5) is 4.39 Å². The summed E-state index contributed by atoms with van der Waals surface area (Å²) in [5.74, 6) is 1.06. The van der Waals surface area contributed by atoms with Crippen LogP contribution in [0.5, 0.6) is 0 Å². The van der Waals surface area contributed by atoms with Crippen molar-refractivity contribution in [3.05, 3.63) is 35.6 Å². The molecule has 1 aliphatic carbocycles. The Morgan fingerprint density at radius 2 is 1.80 bits per heavy atom. The molecule has 2 saturated heterocycles. The molecule has 2 aliphatic heterocycles. The number of ether oxygens (including phenoxy) is 1. The normalized spacial score (nSPS) is 31.8. The van der Waals surface area contributed by atoms with Gasteiger partial charge < -0.3 is 4.74 Å². The van der Waals surface area contributed by atoms with Crippen LogP contribution in [-0.2, 0) is 9.53 Å². The van der Waals surface area contributed by atoms with Crippen LogP contribution in [-0.4, -0.2) is 42.0 Å². The van der Waals surface area contributed by atoms with Gasteiger partial charge in [-0.15, -0.1) is 0 Å². The second-order valence-corrected chi connectivity index (χ2v) is 8.09. The molecule has 0 radical (unpaired) electrons. The van der Waals surface area contributed by atoms with Crippen LogP contribution >= 0.6 is 0 Å². The van der Waals surface area contributed by atoms with Gasteiger partial charge in [-0.05, 0) is 88.1 Å². The maximum absolute atomic E-state index is 13.1. The molecule has 2 heterocycles. The minimum Gasteiger partial charge on any atom is -0.365 e. The second-order valence-electron chi connectivity index (χ2n) is 8.09. The molecule has 136 valence electrons. The Bertz CT molecular complexity index is 609. The molecule has 3 aliphatic rings. The predicted molar refractivity (Wildman–Crippen MR) is 95.1 cm³/mol. The van der Waals surface area contributed by atoms with Crippen LogP contribution in [0.1, 0.15) is 56.9 Å². The number of carbonyl (C=O) groups is 1. The van der Waals surface area contributed by atoms with Gasteiger partial charge in [0.05, 0.1) is 6.61 Å². The maximum atomic E-state index is 13.1. The Morgan fingerprint density at radius 1 is 1.12 bits per heavy atom. The predicted octanol–water partition coefficient (Wildman–Crippen LogP) is 3.92. The van der Waals surface area contributed by atoms with Crippen LogP contribution in [0.3, 0.4) is 0 Å². The third kappa shape index (κ3) is 3.39. The molecule has 0 N–H and O–H groups in total. The van der Waals surface area contributed by atoms with E-state index in [0.29, 0.717) is 24.5 Å². The number of hydrogen-bond acceptors (Lipinski definition) is 3. The van der Waals surface area contributed by atoms with Crippen LogP contribution in [0.2, 0.25) is 0 Å². The van der Waals surface area contributed by atoms with Gasteiger partial charge in [-0.25, -0.2) is 4.39 Å². The number of hydrogen-bond donors (Lipinski definition) is 0. The average molecular weight is 345 g/mol. The molecule has 25 heavy (non-hydrogen) atoms. The Morgan fingerprint density at radius 3 is 2.32 bits per heavy atom. The molecule has 2 atom stereocenters. The molecule has 0 amide bonds. The first kappa shape index (κ1) is 17.2. The highest BCUT2D eigenvalue weighted by atomic mass is 19.1. The average Bonchev–Trinajstić information content (AvgIpc) is 3.48. The van der Waals surface area contributed by atoms with Gasteiger partial charge in [0, 0.05) is 6.04 Å². The summed E-state index contributed by atoms with van der Waals surface area (Å²) in [7, 11) is 0. The third-order valence-corrected chi connectivity index (χ3v) is 6.60. The zero-order valence-electron chi connectivity index (χ0n) is 15.0. The topological polar surface area (TPSA) is 29.5 Å².